The van der Waals surface area contributed by atoms with Crippen LogP contribution in [0.3, 0.4) is 0 Å². The van der Waals surface area contributed by atoms with Crippen molar-refractivity contribution in [2.24, 2.45) is 0 Å². The Bertz CT molecular complexity index is 1140. The van der Waals surface area contributed by atoms with Crippen molar-refractivity contribution in [3.8, 4) is 5.75 Å². The van der Waals surface area contributed by atoms with Crippen molar-refractivity contribution in [1.29, 1.82) is 0 Å². The smallest absolute Gasteiger partial charge is 0.201 e. The number of hydrogen-bond acceptors (Lipinski definition) is 5. The molecule has 0 spiro atoms. The second-order valence-electron chi connectivity index (χ2n) is 7.55. The normalized spacial score (nSPS) is 14.7. The number of imidazole rings is 1. The van der Waals surface area contributed by atoms with Gasteiger partial charge in [-0.15, -0.1) is 0 Å². The molecule has 1 atom stereocenters. The van der Waals surface area contributed by atoms with Gasteiger partial charge in [-0.05, 0) is 48.0 Å². The third kappa shape index (κ3) is 4.76. The average Bonchev–Trinajstić information content (AvgIpc) is 3.18. The molecule has 4 aromatic rings. The van der Waals surface area contributed by atoms with E-state index < -0.39 is 0 Å². The van der Waals surface area contributed by atoms with Gasteiger partial charge >= 0.3 is 0 Å². The molecule has 0 amide bonds. The van der Waals surface area contributed by atoms with Crippen LogP contribution >= 0.6 is 11.6 Å². The third-order valence-corrected chi connectivity index (χ3v) is 5.46. The highest BCUT2D eigenvalue weighted by Crippen LogP contribution is 2.25. The van der Waals surface area contributed by atoms with E-state index in [4.69, 9.17) is 21.1 Å². The summed E-state index contributed by atoms with van der Waals surface area (Å²) in [6.45, 7) is 2.06. The predicted molar refractivity (Wildman–Crippen MR) is 124 cm³/mol. The lowest BCUT2D eigenvalue weighted by Crippen LogP contribution is -2.40. The molecule has 1 aromatic heterocycles. The van der Waals surface area contributed by atoms with Gasteiger partial charge in [0.1, 0.15) is 11.9 Å². The van der Waals surface area contributed by atoms with Crippen LogP contribution in [0.1, 0.15) is 11.7 Å². The first kappa shape index (κ1) is 19.7. The Hall–Kier alpha value is -3.22. The van der Waals surface area contributed by atoms with Gasteiger partial charge in [-0.3, -0.25) is 0 Å². The minimum Gasteiger partial charge on any atom is -0.484 e. The number of aromatic nitrogens is 2. The van der Waals surface area contributed by atoms with E-state index in [2.05, 4.69) is 38.8 Å². The number of H-pyrrole nitrogens is 1. The second kappa shape index (κ2) is 8.88. The molecule has 0 saturated carbocycles. The van der Waals surface area contributed by atoms with Gasteiger partial charge in [0.05, 0.1) is 36.8 Å². The van der Waals surface area contributed by atoms with Gasteiger partial charge in [0, 0.05) is 10.7 Å². The molecule has 0 radical (unpaired) electrons. The molecule has 0 aliphatic carbocycles. The maximum Gasteiger partial charge on any atom is 0.201 e. The van der Waals surface area contributed by atoms with E-state index >= 15 is 0 Å². The number of nitrogens with zero attached hydrogens (tertiary/aromatic N) is 1. The van der Waals surface area contributed by atoms with Crippen molar-refractivity contribution in [2.75, 3.05) is 30.4 Å². The van der Waals surface area contributed by atoms with Gasteiger partial charge in [0.15, 0.2) is 0 Å². The fraction of sp³-hybridized carbons (Fsp3) is 0.208. The van der Waals surface area contributed by atoms with Crippen molar-refractivity contribution in [2.45, 2.75) is 12.1 Å². The molecular formula is C24H23ClN4O2. The van der Waals surface area contributed by atoms with Gasteiger partial charge in [0.2, 0.25) is 5.95 Å². The molecule has 1 aliphatic rings. The first-order valence-electron chi connectivity index (χ1n) is 10.3. The molecule has 0 bridgehead atoms. The molecule has 1 fully saturated rings. The first-order chi connectivity index (χ1) is 15.2. The monoisotopic (exact) mass is 434 g/mol. The second-order valence-corrected chi connectivity index (χ2v) is 7.98. The number of fused-ring (bicyclic) bond motifs is 1. The van der Waals surface area contributed by atoms with Crippen LogP contribution in [-0.4, -0.2) is 35.8 Å². The van der Waals surface area contributed by atoms with Gasteiger partial charge in [-0.1, -0.05) is 41.9 Å². The zero-order valence-corrected chi connectivity index (χ0v) is 17.6. The Morgan fingerprint density at radius 2 is 1.87 bits per heavy atom. The van der Waals surface area contributed by atoms with E-state index in [1.54, 1.807) is 0 Å². The number of aromatic amines is 1. The maximum absolute atomic E-state index is 6.25. The number of hydrogen-bond donors (Lipinski definition) is 3. The molecule has 1 aliphatic heterocycles. The molecule has 31 heavy (non-hydrogen) atoms. The molecule has 158 valence electrons. The fourth-order valence-corrected chi connectivity index (χ4v) is 3.63. The summed E-state index contributed by atoms with van der Waals surface area (Å²) in [5.41, 5.74) is 4.02. The van der Waals surface area contributed by atoms with Gasteiger partial charge < -0.3 is 25.1 Å². The average molecular weight is 435 g/mol. The van der Waals surface area contributed by atoms with Gasteiger partial charge in [-0.2, -0.15) is 0 Å². The van der Waals surface area contributed by atoms with Crippen LogP contribution in [0, 0.1) is 0 Å². The Morgan fingerprint density at radius 3 is 2.61 bits per heavy atom. The highest BCUT2D eigenvalue weighted by atomic mass is 35.5. The molecular weight excluding hydrogens is 412 g/mol. The van der Waals surface area contributed by atoms with Crippen molar-refractivity contribution >= 4 is 34.3 Å². The third-order valence-electron chi connectivity index (χ3n) is 5.21. The number of rotatable bonds is 8. The van der Waals surface area contributed by atoms with Crippen molar-refractivity contribution < 1.29 is 9.47 Å². The highest BCUT2D eigenvalue weighted by molar-refractivity contribution is 6.30. The van der Waals surface area contributed by atoms with E-state index in [0.29, 0.717) is 23.6 Å². The fourth-order valence-electron chi connectivity index (χ4n) is 3.50. The minimum atomic E-state index is -0.188. The lowest BCUT2D eigenvalue weighted by atomic mass is 10.1. The molecule has 3 N–H and O–H groups in total. The van der Waals surface area contributed by atoms with Crippen LogP contribution in [-0.2, 0) is 4.74 Å². The number of benzene rings is 3. The molecule has 1 saturated heterocycles. The van der Waals surface area contributed by atoms with Crippen LogP contribution in [0.5, 0.6) is 5.75 Å². The van der Waals surface area contributed by atoms with E-state index in [0.717, 1.165) is 41.2 Å². The van der Waals surface area contributed by atoms with Crippen molar-refractivity contribution in [3.05, 3.63) is 83.4 Å². The van der Waals surface area contributed by atoms with E-state index in [9.17, 15) is 0 Å². The van der Waals surface area contributed by atoms with Crippen LogP contribution in [0.4, 0.5) is 11.6 Å². The SMILES string of the molecule is Clc1ccc(OC(CNc2nc3ccc(NC4COC4)cc3[nH]2)c2ccccc2)cc1. The van der Waals surface area contributed by atoms with Crippen molar-refractivity contribution in [3.63, 3.8) is 0 Å². The zero-order chi connectivity index (χ0) is 21.0. The molecule has 6 nitrogen and oxygen atoms in total. The standard InChI is InChI=1S/C24H23ClN4O2/c25-17-6-9-20(10-7-17)31-23(16-4-2-1-3-5-16)13-26-24-28-21-11-8-18(12-22(21)29-24)27-19-14-30-15-19/h1-12,19,23,27H,13-15H2,(H2,26,28,29). The summed E-state index contributed by atoms with van der Waals surface area (Å²) in [6, 6.07) is 24.1. The predicted octanol–water partition coefficient (Wildman–Crippen LogP) is 5.26. The maximum atomic E-state index is 6.25. The highest BCUT2D eigenvalue weighted by Gasteiger charge is 2.18. The Kier molecular flexibility index (Phi) is 5.65. The van der Waals surface area contributed by atoms with Gasteiger partial charge in [-0.25, -0.2) is 4.98 Å². The van der Waals surface area contributed by atoms with E-state index in [1.165, 1.54) is 0 Å². The van der Waals surface area contributed by atoms with Crippen LogP contribution in [0.25, 0.3) is 11.0 Å². The van der Waals surface area contributed by atoms with Crippen LogP contribution < -0.4 is 15.4 Å². The number of nitrogens with one attached hydrogen (secondary N) is 3. The summed E-state index contributed by atoms with van der Waals surface area (Å²) < 4.78 is 11.5. The summed E-state index contributed by atoms with van der Waals surface area (Å²) in [5, 5.41) is 7.53. The number of anilines is 2. The minimum absolute atomic E-state index is 0.188. The summed E-state index contributed by atoms with van der Waals surface area (Å²) in [4.78, 5) is 8.02. The summed E-state index contributed by atoms with van der Waals surface area (Å²) >= 11 is 6.00. The lowest BCUT2D eigenvalue weighted by Gasteiger charge is -2.27. The van der Waals surface area contributed by atoms with Gasteiger partial charge in [0.25, 0.3) is 0 Å². The topological polar surface area (TPSA) is 71.2 Å². The van der Waals surface area contributed by atoms with E-state index in [-0.39, 0.29) is 6.10 Å². The largest absolute Gasteiger partial charge is 0.484 e. The molecule has 2 heterocycles. The van der Waals surface area contributed by atoms with Crippen LogP contribution in [0.2, 0.25) is 5.02 Å². The molecule has 5 rings (SSSR count). The summed E-state index contributed by atoms with van der Waals surface area (Å²) in [7, 11) is 0. The Balaban J connectivity index is 1.30. The summed E-state index contributed by atoms with van der Waals surface area (Å²) in [5.74, 6) is 1.47. The number of halogens is 1. The van der Waals surface area contributed by atoms with Crippen LogP contribution in [0.15, 0.2) is 72.8 Å². The molecule has 7 heteroatoms. The van der Waals surface area contributed by atoms with Crippen molar-refractivity contribution in [1.82, 2.24) is 9.97 Å². The molecule has 1 unspecified atom stereocenters. The first-order valence-corrected chi connectivity index (χ1v) is 10.7. The number of ether oxygens (including phenoxy) is 2. The van der Waals surface area contributed by atoms with E-state index in [1.807, 2.05) is 54.6 Å². The molecule has 3 aromatic carbocycles. The Labute approximate surface area is 185 Å². The zero-order valence-electron chi connectivity index (χ0n) is 16.8. The quantitative estimate of drug-likeness (QED) is 0.353. The lowest BCUT2D eigenvalue weighted by molar-refractivity contribution is 0.0211. The summed E-state index contributed by atoms with van der Waals surface area (Å²) in [6.07, 6.45) is -0.188. The Morgan fingerprint density at radius 1 is 1.06 bits per heavy atom.